The van der Waals surface area contributed by atoms with Crippen molar-refractivity contribution in [2.45, 2.75) is 37.0 Å². The minimum atomic E-state index is -3.63. The van der Waals surface area contributed by atoms with Gasteiger partial charge in [0.2, 0.25) is 10.0 Å². The summed E-state index contributed by atoms with van der Waals surface area (Å²) < 4.78 is 38.5. The molecular formula is C21H26N2O5S2. The van der Waals surface area contributed by atoms with E-state index in [1.54, 1.807) is 5.38 Å². The lowest BCUT2D eigenvalue weighted by Crippen LogP contribution is -2.37. The molecule has 0 saturated carbocycles. The third kappa shape index (κ3) is 4.06. The van der Waals surface area contributed by atoms with E-state index < -0.39 is 10.0 Å². The van der Waals surface area contributed by atoms with Gasteiger partial charge in [0.25, 0.3) is 5.91 Å². The number of carbonyl (C=O) groups excluding carboxylic acids is 1. The summed E-state index contributed by atoms with van der Waals surface area (Å²) >= 11 is 1.15. The van der Waals surface area contributed by atoms with Crippen molar-refractivity contribution in [1.82, 2.24) is 9.62 Å². The van der Waals surface area contributed by atoms with Crippen molar-refractivity contribution in [3.63, 3.8) is 0 Å². The summed E-state index contributed by atoms with van der Waals surface area (Å²) in [5.74, 6) is 1.06. The van der Waals surface area contributed by atoms with Gasteiger partial charge in [0.1, 0.15) is 23.0 Å². The number of rotatable bonds is 6. The van der Waals surface area contributed by atoms with E-state index in [0.29, 0.717) is 38.6 Å². The molecule has 4 rings (SSSR count). The van der Waals surface area contributed by atoms with Crippen molar-refractivity contribution in [3.8, 4) is 11.5 Å². The highest BCUT2D eigenvalue weighted by Gasteiger charge is 2.32. The van der Waals surface area contributed by atoms with Crippen LogP contribution in [-0.4, -0.2) is 51.5 Å². The van der Waals surface area contributed by atoms with Gasteiger partial charge in [-0.2, -0.15) is 4.31 Å². The van der Waals surface area contributed by atoms with Gasteiger partial charge in [-0.3, -0.25) is 4.79 Å². The molecule has 0 unspecified atom stereocenters. The predicted molar refractivity (Wildman–Crippen MR) is 115 cm³/mol. The highest BCUT2D eigenvalue weighted by Crippen LogP contribution is 2.35. The van der Waals surface area contributed by atoms with Crippen LogP contribution in [0.2, 0.25) is 0 Å². The zero-order chi connectivity index (χ0) is 21.4. The lowest BCUT2D eigenvalue weighted by molar-refractivity contribution is 0.0946. The summed E-state index contributed by atoms with van der Waals surface area (Å²) in [4.78, 5) is 13.2. The Hall–Kier alpha value is -2.10. The first-order valence-electron chi connectivity index (χ1n) is 10.0. The standard InChI is InChI=1S/C21H26N2O5S2/c1-21(2,15-5-6-16-17(13-15)28-11-10-27-16)14-22-20(24)19-18(7-12-29-19)30(25,26)23-8-3-4-9-23/h5-7,12-13H,3-4,8-11,14H2,1-2H3,(H,22,24). The van der Waals surface area contributed by atoms with Crippen LogP contribution < -0.4 is 14.8 Å². The highest BCUT2D eigenvalue weighted by molar-refractivity contribution is 7.89. The van der Waals surface area contributed by atoms with Crippen molar-refractivity contribution in [3.05, 3.63) is 40.1 Å². The first-order valence-corrected chi connectivity index (χ1v) is 12.4. The molecule has 1 aromatic carbocycles. The molecule has 1 amide bonds. The van der Waals surface area contributed by atoms with E-state index in [1.165, 1.54) is 10.4 Å². The Morgan fingerprint density at radius 3 is 2.57 bits per heavy atom. The largest absolute Gasteiger partial charge is 0.486 e. The van der Waals surface area contributed by atoms with E-state index in [9.17, 15) is 13.2 Å². The summed E-state index contributed by atoms with van der Waals surface area (Å²) in [5.41, 5.74) is 0.625. The van der Waals surface area contributed by atoms with Crippen LogP contribution in [0, 0.1) is 0 Å². The van der Waals surface area contributed by atoms with Crippen LogP contribution in [0.4, 0.5) is 0 Å². The maximum absolute atomic E-state index is 12.9. The van der Waals surface area contributed by atoms with Crippen molar-refractivity contribution < 1.29 is 22.7 Å². The molecule has 0 atom stereocenters. The Labute approximate surface area is 181 Å². The number of benzene rings is 1. The van der Waals surface area contributed by atoms with Crippen LogP contribution in [0.25, 0.3) is 0 Å². The average molecular weight is 451 g/mol. The van der Waals surface area contributed by atoms with E-state index in [0.717, 1.165) is 35.5 Å². The summed E-state index contributed by atoms with van der Waals surface area (Å²) in [6, 6.07) is 7.32. The third-order valence-corrected chi connectivity index (χ3v) is 8.52. The molecule has 0 aliphatic carbocycles. The molecule has 0 radical (unpaired) electrons. The van der Waals surface area contributed by atoms with Gasteiger partial charge in [-0.1, -0.05) is 19.9 Å². The van der Waals surface area contributed by atoms with Crippen LogP contribution in [0.5, 0.6) is 11.5 Å². The van der Waals surface area contributed by atoms with E-state index in [-0.39, 0.29) is 21.1 Å². The van der Waals surface area contributed by atoms with E-state index in [2.05, 4.69) is 5.32 Å². The van der Waals surface area contributed by atoms with Crippen molar-refractivity contribution in [2.24, 2.45) is 0 Å². The summed E-state index contributed by atoms with van der Waals surface area (Å²) in [6.07, 6.45) is 1.71. The second-order valence-corrected chi connectivity index (χ2v) is 11.0. The summed E-state index contributed by atoms with van der Waals surface area (Å²) in [5, 5.41) is 4.58. The smallest absolute Gasteiger partial charge is 0.262 e. The Bertz CT molecular complexity index is 1040. The number of sulfonamides is 1. The van der Waals surface area contributed by atoms with Crippen molar-refractivity contribution in [1.29, 1.82) is 0 Å². The fourth-order valence-electron chi connectivity index (χ4n) is 3.68. The number of ether oxygens (including phenoxy) is 2. The number of hydrogen-bond acceptors (Lipinski definition) is 6. The molecule has 30 heavy (non-hydrogen) atoms. The quantitative estimate of drug-likeness (QED) is 0.731. The van der Waals surface area contributed by atoms with E-state index >= 15 is 0 Å². The number of hydrogen-bond donors (Lipinski definition) is 1. The molecule has 0 bridgehead atoms. The lowest BCUT2D eigenvalue weighted by Gasteiger charge is -2.28. The van der Waals surface area contributed by atoms with E-state index in [4.69, 9.17) is 9.47 Å². The predicted octanol–water partition coefficient (Wildman–Crippen LogP) is 3.01. The Balaban J connectivity index is 1.48. The summed E-state index contributed by atoms with van der Waals surface area (Å²) in [6.45, 7) is 6.47. The minimum absolute atomic E-state index is 0.101. The van der Waals surface area contributed by atoms with Crippen molar-refractivity contribution >= 4 is 27.3 Å². The van der Waals surface area contributed by atoms with Crippen LogP contribution in [0.1, 0.15) is 41.9 Å². The molecule has 7 nitrogen and oxygen atoms in total. The van der Waals surface area contributed by atoms with Gasteiger partial charge < -0.3 is 14.8 Å². The Kier molecular flexibility index (Phi) is 5.78. The molecule has 1 saturated heterocycles. The van der Waals surface area contributed by atoms with Crippen molar-refractivity contribution in [2.75, 3.05) is 32.8 Å². The van der Waals surface area contributed by atoms with Gasteiger partial charge in [0.15, 0.2) is 11.5 Å². The second-order valence-electron chi connectivity index (χ2n) is 8.15. The molecule has 1 aromatic heterocycles. The normalized spacial score (nSPS) is 17.1. The molecule has 2 aromatic rings. The lowest BCUT2D eigenvalue weighted by atomic mass is 9.84. The number of nitrogens with zero attached hydrogens (tertiary/aromatic N) is 1. The minimum Gasteiger partial charge on any atom is -0.486 e. The zero-order valence-corrected chi connectivity index (χ0v) is 18.8. The number of carbonyl (C=O) groups is 1. The fraction of sp³-hybridized carbons (Fsp3) is 0.476. The summed E-state index contributed by atoms with van der Waals surface area (Å²) in [7, 11) is -3.63. The van der Waals surface area contributed by atoms with Crippen LogP contribution in [-0.2, 0) is 15.4 Å². The maximum Gasteiger partial charge on any atom is 0.262 e. The van der Waals surface area contributed by atoms with Crippen LogP contribution in [0.3, 0.4) is 0 Å². The van der Waals surface area contributed by atoms with Gasteiger partial charge in [-0.25, -0.2) is 8.42 Å². The molecule has 1 fully saturated rings. The number of thiophene rings is 1. The molecule has 9 heteroatoms. The molecule has 1 N–H and O–H groups in total. The molecule has 3 heterocycles. The van der Waals surface area contributed by atoms with Gasteiger partial charge in [-0.15, -0.1) is 11.3 Å². The topological polar surface area (TPSA) is 84.9 Å². The SMILES string of the molecule is CC(C)(CNC(=O)c1sccc1S(=O)(=O)N1CCCC1)c1ccc2c(c1)OCCO2. The first kappa shape index (κ1) is 21.1. The third-order valence-electron chi connectivity index (χ3n) is 5.53. The first-order chi connectivity index (χ1) is 14.3. The average Bonchev–Trinajstić information content (AvgIpc) is 3.44. The van der Waals surface area contributed by atoms with Crippen LogP contribution in [0.15, 0.2) is 34.5 Å². The Morgan fingerprint density at radius 1 is 1.13 bits per heavy atom. The monoisotopic (exact) mass is 450 g/mol. The number of nitrogens with one attached hydrogen (secondary N) is 1. The number of fused-ring (bicyclic) bond motifs is 1. The van der Waals surface area contributed by atoms with Gasteiger partial charge in [0.05, 0.1) is 0 Å². The molecule has 0 spiro atoms. The molecular weight excluding hydrogens is 424 g/mol. The van der Waals surface area contributed by atoms with E-state index in [1.807, 2.05) is 32.0 Å². The highest BCUT2D eigenvalue weighted by atomic mass is 32.2. The zero-order valence-electron chi connectivity index (χ0n) is 17.1. The molecule has 2 aliphatic heterocycles. The van der Waals surface area contributed by atoms with Crippen LogP contribution >= 0.6 is 11.3 Å². The second kappa shape index (κ2) is 8.20. The number of amides is 1. The molecule has 2 aliphatic rings. The van der Waals surface area contributed by atoms with Gasteiger partial charge in [0, 0.05) is 25.0 Å². The Morgan fingerprint density at radius 2 is 1.83 bits per heavy atom. The fourth-order valence-corrected chi connectivity index (χ4v) is 6.52. The maximum atomic E-state index is 12.9. The van der Waals surface area contributed by atoms with Gasteiger partial charge >= 0.3 is 0 Å². The molecule has 162 valence electrons. The van der Waals surface area contributed by atoms with Gasteiger partial charge in [-0.05, 0) is 42.0 Å².